The van der Waals surface area contributed by atoms with Gasteiger partial charge in [-0.25, -0.2) is 9.59 Å². The van der Waals surface area contributed by atoms with Crippen LogP contribution < -0.4 is 10.4 Å². The zero-order chi connectivity index (χ0) is 18.7. The molecule has 0 saturated carbocycles. The Morgan fingerprint density at radius 3 is 2.77 bits per heavy atom. The standard InChI is InChI=1S/C19H13NO6/c1-12-9-19(22)26-17-11-15(6-7-16(12)17)25-18(21)8-5-13-3-2-4-14(10-13)20(23)24/h2-11H,1H3. The Morgan fingerprint density at radius 1 is 1.19 bits per heavy atom. The lowest BCUT2D eigenvalue weighted by atomic mass is 10.1. The number of carbonyl (C=O) groups excluding carboxylic acids is 1. The van der Waals surface area contributed by atoms with E-state index in [0.717, 1.165) is 17.0 Å². The van der Waals surface area contributed by atoms with Crippen molar-refractivity contribution in [1.29, 1.82) is 0 Å². The van der Waals surface area contributed by atoms with Gasteiger partial charge in [0.1, 0.15) is 11.3 Å². The van der Waals surface area contributed by atoms with Gasteiger partial charge in [0.15, 0.2) is 0 Å². The van der Waals surface area contributed by atoms with E-state index in [0.29, 0.717) is 11.1 Å². The lowest BCUT2D eigenvalue weighted by Crippen LogP contribution is -2.04. The molecule has 0 spiro atoms. The van der Waals surface area contributed by atoms with Crippen LogP contribution in [0.5, 0.6) is 5.75 Å². The van der Waals surface area contributed by atoms with Crippen molar-refractivity contribution in [2.45, 2.75) is 6.92 Å². The van der Waals surface area contributed by atoms with Crippen molar-refractivity contribution in [3.05, 3.63) is 86.3 Å². The summed E-state index contributed by atoms with van der Waals surface area (Å²) in [5.41, 5.74) is 1.03. The molecule has 7 nitrogen and oxygen atoms in total. The smallest absolute Gasteiger partial charge is 0.336 e. The van der Waals surface area contributed by atoms with Gasteiger partial charge < -0.3 is 9.15 Å². The summed E-state index contributed by atoms with van der Waals surface area (Å²) in [5.74, 6) is -0.439. The molecule has 0 aliphatic heterocycles. The molecule has 0 bridgehead atoms. The number of non-ortho nitro benzene ring substituents is 1. The highest BCUT2D eigenvalue weighted by molar-refractivity contribution is 5.89. The molecule has 0 unspecified atom stereocenters. The average Bonchev–Trinajstić information content (AvgIpc) is 2.59. The van der Waals surface area contributed by atoms with Crippen molar-refractivity contribution >= 4 is 28.7 Å². The first-order valence-corrected chi connectivity index (χ1v) is 7.61. The second kappa shape index (κ2) is 7.02. The quantitative estimate of drug-likeness (QED) is 0.178. The van der Waals surface area contributed by atoms with Crippen LogP contribution in [0, 0.1) is 17.0 Å². The molecule has 0 fully saturated rings. The van der Waals surface area contributed by atoms with Gasteiger partial charge in [0.25, 0.3) is 5.69 Å². The van der Waals surface area contributed by atoms with Gasteiger partial charge in [-0.1, -0.05) is 12.1 Å². The topological polar surface area (TPSA) is 99.7 Å². The Hall–Kier alpha value is -3.74. The number of rotatable bonds is 4. The summed E-state index contributed by atoms with van der Waals surface area (Å²) in [6, 6.07) is 12.0. The molecule has 7 heteroatoms. The second-order valence-electron chi connectivity index (χ2n) is 5.51. The zero-order valence-corrected chi connectivity index (χ0v) is 13.7. The molecule has 0 aliphatic rings. The first kappa shape index (κ1) is 17.1. The largest absolute Gasteiger partial charge is 0.423 e. The first-order chi connectivity index (χ1) is 12.4. The fraction of sp³-hybridized carbons (Fsp3) is 0.0526. The van der Waals surface area contributed by atoms with Crippen LogP contribution in [0.1, 0.15) is 11.1 Å². The van der Waals surface area contributed by atoms with E-state index in [4.69, 9.17) is 9.15 Å². The fourth-order valence-electron chi connectivity index (χ4n) is 2.43. The van der Waals surface area contributed by atoms with Crippen molar-refractivity contribution in [1.82, 2.24) is 0 Å². The summed E-state index contributed by atoms with van der Waals surface area (Å²) in [6.45, 7) is 1.78. The SMILES string of the molecule is Cc1cc(=O)oc2cc(OC(=O)C=Cc3cccc([N+](=O)[O-])c3)ccc12. The van der Waals surface area contributed by atoms with E-state index in [9.17, 15) is 19.7 Å². The van der Waals surface area contributed by atoms with Crippen molar-refractivity contribution in [3.8, 4) is 5.75 Å². The van der Waals surface area contributed by atoms with Crippen molar-refractivity contribution in [3.63, 3.8) is 0 Å². The minimum atomic E-state index is -0.661. The average molecular weight is 351 g/mol. The van der Waals surface area contributed by atoms with Gasteiger partial charge in [-0.3, -0.25) is 10.1 Å². The summed E-state index contributed by atoms with van der Waals surface area (Å²) < 4.78 is 10.3. The zero-order valence-electron chi connectivity index (χ0n) is 13.7. The number of nitro groups is 1. The van der Waals surface area contributed by atoms with Crippen LogP contribution in [0.2, 0.25) is 0 Å². The summed E-state index contributed by atoms with van der Waals surface area (Å²) in [6.07, 6.45) is 2.58. The number of esters is 1. The summed E-state index contributed by atoms with van der Waals surface area (Å²) in [7, 11) is 0. The van der Waals surface area contributed by atoms with E-state index in [1.165, 1.54) is 36.4 Å². The van der Waals surface area contributed by atoms with Crippen LogP contribution in [-0.2, 0) is 4.79 Å². The highest BCUT2D eigenvalue weighted by atomic mass is 16.6. The molecule has 0 radical (unpaired) electrons. The van der Waals surface area contributed by atoms with Gasteiger partial charge in [0.05, 0.1) is 4.92 Å². The minimum Gasteiger partial charge on any atom is -0.423 e. The number of hydrogen-bond donors (Lipinski definition) is 0. The highest BCUT2D eigenvalue weighted by Crippen LogP contribution is 2.22. The number of carbonyl (C=O) groups is 1. The lowest BCUT2D eigenvalue weighted by molar-refractivity contribution is -0.384. The number of nitro benzene ring substituents is 1. The molecule has 1 heterocycles. The van der Waals surface area contributed by atoms with Crippen LogP contribution in [0.3, 0.4) is 0 Å². The molecule has 0 N–H and O–H groups in total. The summed E-state index contributed by atoms with van der Waals surface area (Å²) in [4.78, 5) is 33.6. The monoisotopic (exact) mass is 351 g/mol. The molecular weight excluding hydrogens is 338 g/mol. The summed E-state index contributed by atoms with van der Waals surface area (Å²) in [5, 5.41) is 11.5. The Kier molecular flexibility index (Phi) is 4.62. The molecule has 0 saturated heterocycles. The number of nitrogens with zero attached hydrogens (tertiary/aromatic N) is 1. The molecule has 130 valence electrons. The van der Waals surface area contributed by atoms with Crippen molar-refractivity contribution in [2.75, 3.05) is 0 Å². The predicted molar refractivity (Wildman–Crippen MR) is 95.0 cm³/mol. The van der Waals surface area contributed by atoms with Crippen LogP contribution in [-0.4, -0.2) is 10.9 Å². The van der Waals surface area contributed by atoms with Gasteiger partial charge in [-0.2, -0.15) is 0 Å². The molecule has 0 amide bonds. The minimum absolute atomic E-state index is 0.0690. The van der Waals surface area contributed by atoms with Crippen LogP contribution in [0.15, 0.2) is 63.8 Å². The number of aryl methyl sites for hydroxylation is 1. The lowest BCUT2D eigenvalue weighted by Gasteiger charge is -2.04. The van der Waals surface area contributed by atoms with Crippen molar-refractivity contribution in [2.24, 2.45) is 0 Å². The van der Waals surface area contributed by atoms with Gasteiger partial charge >= 0.3 is 11.6 Å². The molecule has 1 aromatic heterocycles. The van der Waals surface area contributed by atoms with E-state index in [1.54, 1.807) is 25.1 Å². The molecule has 0 atom stereocenters. The normalized spacial score (nSPS) is 11.0. The number of benzene rings is 2. The third-order valence-corrected chi connectivity index (χ3v) is 3.63. The molecule has 2 aromatic carbocycles. The molecule has 26 heavy (non-hydrogen) atoms. The third kappa shape index (κ3) is 3.84. The van der Waals surface area contributed by atoms with Crippen molar-refractivity contribution < 1.29 is 18.9 Å². The maximum atomic E-state index is 11.9. The van der Waals surface area contributed by atoms with Crippen LogP contribution in [0.4, 0.5) is 5.69 Å². The third-order valence-electron chi connectivity index (χ3n) is 3.63. The summed E-state index contributed by atoms with van der Waals surface area (Å²) >= 11 is 0. The molecule has 3 rings (SSSR count). The van der Waals surface area contributed by atoms with E-state index in [2.05, 4.69) is 0 Å². The van der Waals surface area contributed by atoms with Gasteiger partial charge in [0.2, 0.25) is 0 Å². The van der Waals surface area contributed by atoms with E-state index >= 15 is 0 Å². The highest BCUT2D eigenvalue weighted by Gasteiger charge is 2.07. The second-order valence-corrected chi connectivity index (χ2v) is 5.51. The maximum absolute atomic E-state index is 11.9. The van der Waals surface area contributed by atoms with Crippen LogP contribution in [0.25, 0.3) is 17.0 Å². The fourth-order valence-corrected chi connectivity index (χ4v) is 2.43. The Balaban J connectivity index is 1.77. The molecular formula is C19H13NO6. The number of fused-ring (bicyclic) bond motifs is 1. The van der Waals surface area contributed by atoms with Crippen LogP contribution >= 0.6 is 0 Å². The predicted octanol–water partition coefficient (Wildman–Crippen LogP) is 3.63. The number of ether oxygens (including phenoxy) is 1. The van der Waals surface area contributed by atoms with Gasteiger partial charge in [0, 0.05) is 35.7 Å². The molecule has 0 aliphatic carbocycles. The number of hydrogen-bond acceptors (Lipinski definition) is 6. The van der Waals surface area contributed by atoms with E-state index in [1.807, 2.05) is 0 Å². The maximum Gasteiger partial charge on any atom is 0.336 e. The molecule has 3 aromatic rings. The Bertz CT molecular complexity index is 1100. The van der Waals surface area contributed by atoms with E-state index < -0.39 is 16.5 Å². The Labute approximate surface area is 147 Å². The Morgan fingerprint density at radius 2 is 2.00 bits per heavy atom. The first-order valence-electron chi connectivity index (χ1n) is 7.61. The van der Waals surface area contributed by atoms with Gasteiger partial charge in [-0.05, 0) is 36.3 Å². The van der Waals surface area contributed by atoms with Gasteiger partial charge in [-0.15, -0.1) is 0 Å². The van der Waals surface area contributed by atoms with E-state index in [-0.39, 0.29) is 11.4 Å².